The number of aryl methyl sites for hydroxylation is 2. The molecule has 0 fully saturated rings. The summed E-state index contributed by atoms with van der Waals surface area (Å²) in [6.45, 7) is 5.80. The molecule has 9 heteroatoms. The number of nitro groups is 1. The maximum Gasteiger partial charge on any atom is 0.312 e. The van der Waals surface area contributed by atoms with Crippen molar-refractivity contribution in [3.8, 4) is 0 Å². The molecule has 0 saturated heterocycles. The van der Waals surface area contributed by atoms with Gasteiger partial charge in [-0.2, -0.15) is 5.10 Å². The van der Waals surface area contributed by atoms with Gasteiger partial charge in [0.1, 0.15) is 17.9 Å². The van der Waals surface area contributed by atoms with Crippen molar-refractivity contribution in [1.82, 2.24) is 19.3 Å². The van der Waals surface area contributed by atoms with E-state index in [-0.39, 0.29) is 18.1 Å². The number of benzene rings is 1. The van der Waals surface area contributed by atoms with Crippen molar-refractivity contribution in [2.75, 3.05) is 5.32 Å². The van der Waals surface area contributed by atoms with Gasteiger partial charge >= 0.3 is 5.69 Å². The SMILES string of the molecule is CCCn1c(NC(=O)Cn2nc(C)c([N+](=O)[O-])c2C)nc2ccccc21. The van der Waals surface area contributed by atoms with Crippen molar-refractivity contribution in [2.45, 2.75) is 40.3 Å². The first-order chi connectivity index (χ1) is 12.4. The minimum Gasteiger partial charge on any atom is -0.310 e. The molecule has 2 aromatic heterocycles. The number of aromatic nitrogens is 4. The van der Waals surface area contributed by atoms with Gasteiger partial charge in [0.15, 0.2) is 0 Å². The maximum atomic E-state index is 12.5. The molecule has 9 nitrogen and oxygen atoms in total. The Balaban J connectivity index is 1.85. The Hall–Kier alpha value is -3.23. The fourth-order valence-corrected chi connectivity index (χ4v) is 3.03. The molecule has 0 aliphatic rings. The third kappa shape index (κ3) is 3.15. The fraction of sp³-hybridized carbons (Fsp3) is 0.353. The summed E-state index contributed by atoms with van der Waals surface area (Å²) in [4.78, 5) is 27.5. The van der Waals surface area contributed by atoms with Crippen LogP contribution in [0.4, 0.5) is 11.6 Å². The molecule has 0 aliphatic heterocycles. The van der Waals surface area contributed by atoms with E-state index in [9.17, 15) is 14.9 Å². The van der Waals surface area contributed by atoms with Crippen LogP contribution in [0.25, 0.3) is 11.0 Å². The molecule has 3 rings (SSSR count). The predicted octanol–water partition coefficient (Wildman–Crippen LogP) is 2.81. The lowest BCUT2D eigenvalue weighted by Crippen LogP contribution is -2.22. The second kappa shape index (κ2) is 6.95. The molecule has 0 radical (unpaired) electrons. The second-order valence-electron chi connectivity index (χ2n) is 6.06. The summed E-state index contributed by atoms with van der Waals surface area (Å²) in [5, 5.41) is 18.0. The third-order valence-electron chi connectivity index (χ3n) is 4.17. The molecule has 0 unspecified atom stereocenters. The van der Waals surface area contributed by atoms with E-state index in [1.54, 1.807) is 13.8 Å². The van der Waals surface area contributed by atoms with Gasteiger partial charge in [-0.3, -0.25) is 24.9 Å². The lowest BCUT2D eigenvalue weighted by Gasteiger charge is -2.09. The number of hydrogen-bond acceptors (Lipinski definition) is 5. The summed E-state index contributed by atoms with van der Waals surface area (Å²) in [7, 11) is 0. The average molecular weight is 356 g/mol. The smallest absolute Gasteiger partial charge is 0.310 e. The number of anilines is 1. The number of nitrogens with one attached hydrogen (secondary N) is 1. The van der Waals surface area contributed by atoms with Crippen molar-refractivity contribution in [1.29, 1.82) is 0 Å². The molecule has 136 valence electrons. The van der Waals surface area contributed by atoms with E-state index in [1.165, 1.54) is 4.68 Å². The molecule has 3 aromatic rings. The maximum absolute atomic E-state index is 12.5. The van der Waals surface area contributed by atoms with Gasteiger partial charge in [-0.1, -0.05) is 19.1 Å². The topological polar surface area (TPSA) is 108 Å². The van der Waals surface area contributed by atoms with E-state index < -0.39 is 4.92 Å². The molecule has 1 aromatic carbocycles. The molecule has 0 saturated carbocycles. The lowest BCUT2D eigenvalue weighted by molar-refractivity contribution is -0.386. The highest BCUT2D eigenvalue weighted by atomic mass is 16.6. The van der Waals surface area contributed by atoms with Crippen LogP contribution in [0, 0.1) is 24.0 Å². The number of carbonyl (C=O) groups is 1. The monoisotopic (exact) mass is 356 g/mol. The molecule has 0 bridgehead atoms. The predicted molar refractivity (Wildman–Crippen MR) is 97.0 cm³/mol. The van der Waals surface area contributed by atoms with Crippen LogP contribution in [0.5, 0.6) is 0 Å². The second-order valence-corrected chi connectivity index (χ2v) is 6.06. The molecule has 1 amide bonds. The highest BCUT2D eigenvalue weighted by Gasteiger charge is 2.23. The zero-order chi connectivity index (χ0) is 18.8. The third-order valence-corrected chi connectivity index (χ3v) is 4.17. The van der Waals surface area contributed by atoms with Crippen molar-refractivity contribution in [2.24, 2.45) is 0 Å². The molecule has 1 N–H and O–H groups in total. The molecular formula is C17H20N6O3. The Morgan fingerprint density at radius 3 is 2.69 bits per heavy atom. The molecular weight excluding hydrogens is 336 g/mol. The van der Waals surface area contributed by atoms with Crippen LogP contribution < -0.4 is 5.32 Å². The van der Waals surface area contributed by atoms with Crippen LogP contribution >= 0.6 is 0 Å². The average Bonchev–Trinajstić information content (AvgIpc) is 3.05. The van der Waals surface area contributed by atoms with Crippen LogP contribution in [0.2, 0.25) is 0 Å². The van der Waals surface area contributed by atoms with Crippen LogP contribution in [0.3, 0.4) is 0 Å². The summed E-state index contributed by atoms with van der Waals surface area (Å²) >= 11 is 0. The van der Waals surface area contributed by atoms with Gasteiger partial charge in [0.05, 0.1) is 16.0 Å². The van der Waals surface area contributed by atoms with E-state index in [2.05, 4.69) is 22.3 Å². The van der Waals surface area contributed by atoms with Crippen molar-refractivity contribution < 1.29 is 9.72 Å². The van der Waals surface area contributed by atoms with Gasteiger partial charge in [-0.25, -0.2) is 4.98 Å². The van der Waals surface area contributed by atoms with Crippen LogP contribution in [0.15, 0.2) is 24.3 Å². The quantitative estimate of drug-likeness (QED) is 0.540. The first-order valence-corrected chi connectivity index (χ1v) is 8.35. The van der Waals surface area contributed by atoms with Crippen LogP contribution in [-0.4, -0.2) is 30.2 Å². The number of nitrogens with zero attached hydrogens (tertiary/aromatic N) is 5. The Bertz CT molecular complexity index is 988. The minimum absolute atomic E-state index is 0.0592. The summed E-state index contributed by atoms with van der Waals surface area (Å²) in [5.74, 6) is 0.132. The number of amides is 1. The van der Waals surface area contributed by atoms with Crippen LogP contribution in [-0.2, 0) is 17.9 Å². The van der Waals surface area contributed by atoms with Gasteiger partial charge in [-0.15, -0.1) is 0 Å². The summed E-state index contributed by atoms with van der Waals surface area (Å²) in [6.07, 6.45) is 0.896. The van der Waals surface area contributed by atoms with Gasteiger partial charge in [0.2, 0.25) is 11.9 Å². The van der Waals surface area contributed by atoms with Gasteiger partial charge < -0.3 is 4.57 Å². The first-order valence-electron chi connectivity index (χ1n) is 8.35. The largest absolute Gasteiger partial charge is 0.312 e. The Kier molecular flexibility index (Phi) is 4.70. The number of carbonyl (C=O) groups excluding carboxylic acids is 1. The van der Waals surface area contributed by atoms with Gasteiger partial charge in [0, 0.05) is 6.54 Å². The van der Waals surface area contributed by atoms with Crippen molar-refractivity contribution >= 4 is 28.6 Å². The Morgan fingerprint density at radius 2 is 2.04 bits per heavy atom. The van der Waals surface area contributed by atoms with Crippen molar-refractivity contribution in [3.05, 3.63) is 45.8 Å². The Morgan fingerprint density at radius 1 is 1.31 bits per heavy atom. The number of fused-ring (bicyclic) bond motifs is 1. The molecule has 0 atom stereocenters. The number of hydrogen-bond donors (Lipinski definition) is 1. The molecule has 26 heavy (non-hydrogen) atoms. The van der Waals surface area contributed by atoms with Gasteiger partial charge in [0.25, 0.3) is 0 Å². The van der Waals surface area contributed by atoms with E-state index in [0.717, 1.165) is 24.0 Å². The van der Waals surface area contributed by atoms with Crippen molar-refractivity contribution in [3.63, 3.8) is 0 Å². The van der Waals surface area contributed by atoms with Gasteiger partial charge in [-0.05, 0) is 32.4 Å². The zero-order valence-electron chi connectivity index (χ0n) is 14.9. The van der Waals surface area contributed by atoms with E-state index >= 15 is 0 Å². The zero-order valence-corrected chi connectivity index (χ0v) is 14.9. The molecule has 0 aliphatic carbocycles. The first kappa shape index (κ1) is 17.6. The summed E-state index contributed by atoms with van der Waals surface area (Å²) < 4.78 is 3.30. The van der Waals surface area contributed by atoms with E-state index in [1.807, 2.05) is 28.8 Å². The standard InChI is InChI=1S/C17H20N6O3/c1-4-9-21-14-8-6-5-7-13(14)18-17(21)19-15(24)10-22-12(3)16(23(25)26)11(2)20-22/h5-8H,4,9-10H2,1-3H3,(H,18,19,24). The minimum atomic E-state index is -0.479. The number of para-hydroxylation sites is 2. The van der Waals surface area contributed by atoms with E-state index in [4.69, 9.17) is 0 Å². The number of imidazole rings is 1. The fourth-order valence-electron chi connectivity index (χ4n) is 3.03. The van der Waals surface area contributed by atoms with Crippen LogP contribution in [0.1, 0.15) is 24.7 Å². The molecule has 0 spiro atoms. The highest BCUT2D eigenvalue weighted by Crippen LogP contribution is 2.22. The lowest BCUT2D eigenvalue weighted by atomic mass is 10.3. The molecule has 2 heterocycles. The normalized spacial score (nSPS) is 11.0. The Labute approximate surface area is 149 Å². The number of rotatable bonds is 6. The summed E-state index contributed by atoms with van der Waals surface area (Å²) in [5.41, 5.74) is 2.34. The highest BCUT2D eigenvalue weighted by molar-refractivity contribution is 5.91. The summed E-state index contributed by atoms with van der Waals surface area (Å²) in [6, 6.07) is 7.67. The van der Waals surface area contributed by atoms with E-state index in [0.29, 0.717) is 17.3 Å².